The lowest BCUT2D eigenvalue weighted by atomic mass is 10.0. The van der Waals surface area contributed by atoms with Crippen molar-refractivity contribution in [2.24, 2.45) is 5.92 Å². The first-order chi connectivity index (χ1) is 9.00. The van der Waals surface area contributed by atoms with Gasteiger partial charge >= 0.3 is 0 Å². The van der Waals surface area contributed by atoms with Crippen molar-refractivity contribution in [1.29, 1.82) is 5.26 Å². The fourth-order valence-corrected chi connectivity index (χ4v) is 4.11. The van der Waals surface area contributed by atoms with Crippen LogP contribution >= 0.6 is 0 Å². The van der Waals surface area contributed by atoms with E-state index >= 15 is 0 Å². The van der Waals surface area contributed by atoms with Gasteiger partial charge in [0.25, 0.3) is 0 Å². The number of benzene rings is 1. The van der Waals surface area contributed by atoms with Crippen molar-refractivity contribution in [3.05, 3.63) is 29.8 Å². The van der Waals surface area contributed by atoms with Gasteiger partial charge in [-0.1, -0.05) is 6.92 Å². The lowest BCUT2D eigenvalue weighted by Crippen LogP contribution is -2.39. The summed E-state index contributed by atoms with van der Waals surface area (Å²) < 4.78 is 26.3. The van der Waals surface area contributed by atoms with E-state index in [9.17, 15) is 13.5 Å². The number of aliphatic hydroxyl groups is 1. The van der Waals surface area contributed by atoms with Gasteiger partial charge in [-0.15, -0.1) is 0 Å². The summed E-state index contributed by atoms with van der Waals surface area (Å²) in [4.78, 5) is 0.166. The molecule has 1 heterocycles. The zero-order valence-electron chi connectivity index (χ0n) is 10.7. The van der Waals surface area contributed by atoms with Crippen molar-refractivity contribution in [2.75, 3.05) is 13.2 Å². The van der Waals surface area contributed by atoms with Gasteiger partial charge in [0.05, 0.1) is 29.2 Å². The van der Waals surface area contributed by atoms with Crippen LogP contribution in [0.5, 0.6) is 0 Å². The summed E-state index contributed by atoms with van der Waals surface area (Å²) in [6.45, 7) is 2.20. The average Bonchev–Trinajstić information content (AvgIpc) is 2.80. The lowest BCUT2D eigenvalue weighted by Gasteiger charge is -2.24. The molecule has 0 radical (unpaired) electrons. The van der Waals surface area contributed by atoms with E-state index in [1.807, 2.05) is 13.0 Å². The maximum Gasteiger partial charge on any atom is 0.243 e. The molecule has 19 heavy (non-hydrogen) atoms. The Bertz CT molecular complexity index is 589. The maximum absolute atomic E-state index is 12.5. The summed E-state index contributed by atoms with van der Waals surface area (Å²) in [6.07, 6.45) is 0.751. The van der Waals surface area contributed by atoms with Crippen molar-refractivity contribution in [1.82, 2.24) is 4.31 Å². The standard InChI is InChI=1S/C13H16N2O3S/c1-10-6-7-15(13(10)9-16)19(17,18)12-4-2-11(8-14)3-5-12/h2-5,10,13,16H,6-7,9H2,1H3. The molecule has 2 atom stereocenters. The molecule has 1 aromatic carbocycles. The molecule has 2 rings (SSSR count). The van der Waals surface area contributed by atoms with Crippen LogP contribution < -0.4 is 0 Å². The number of sulfonamides is 1. The lowest BCUT2D eigenvalue weighted by molar-refractivity contribution is 0.191. The highest BCUT2D eigenvalue weighted by atomic mass is 32.2. The Morgan fingerprint density at radius 3 is 2.58 bits per heavy atom. The third-order valence-electron chi connectivity index (χ3n) is 3.61. The molecule has 1 fully saturated rings. The molecule has 5 nitrogen and oxygen atoms in total. The Hall–Kier alpha value is -1.42. The molecular weight excluding hydrogens is 264 g/mol. The first kappa shape index (κ1) is 14.0. The summed E-state index contributed by atoms with van der Waals surface area (Å²) in [7, 11) is -3.59. The predicted octanol–water partition coefficient (Wildman–Crippen LogP) is 0.950. The molecule has 6 heteroatoms. The van der Waals surface area contributed by atoms with Crippen LogP contribution in [0.25, 0.3) is 0 Å². The van der Waals surface area contributed by atoms with Gasteiger partial charge in [-0.2, -0.15) is 9.57 Å². The molecule has 0 spiro atoms. The van der Waals surface area contributed by atoms with E-state index < -0.39 is 10.0 Å². The monoisotopic (exact) mass is 280 g/mol. The molecule has 1 aliphatic heterocycles. The SMILES string of the molecule is CC1CCN(S(=O)(=O)c2ccc(C#N)cc2)C1CO. The van der Waals surface area contributed by atoms with E-state index in [1.54, 1.807) is 0 Å². The molecule has 1 aliphatic rings. The minimum atomic E-state index is -3.59. The number of hydrogen-bond donors (Lipinski definition) is 1. The Labute approximate surface area is 113 Å². The molecule has 102 valence electrons. The third-order valence-corrected chi connectivity index (χ3v) is 5.55. The van der Waals surface area contributed by atoms with E-state index in [1.165, 1.54) is 28.6 Å². The van der Waals surface area contributed by atoms with E-state index in [0.717, 1.165) is 6.42 Å². The van der Waals surface area contributed by atoms with Gasteiger partial charge in [-0.25, -0.2) is 8.42 Å². The zero-order valence-corrected chi connectivity index (χ0v) is 11.5. The van der Waals surface area contributed by atoms with Crippen LogP contribution in [0.4, 0.5) is 0 Å². The van der Waals surface area contributed by atoms with Crippen LogP contribution in [0.1, 0.15) is 18.9 Å². The third kappa shape index (κ3) is 2.50. The van der Waals surface area contributed by atoms with Gasteiger partial charge in [0.1, 0.15) is 0 Å². The summed E-state index contributed by atoms with van der Waals surface area (Å²) in [5.41, 5.74) is 0.424. The molecule has 0 saturated carbocycles. The predicted molar refractivity (Wildman–Crippen MR) is 69.7 cm³/mol. The minimum Gasteiger partial charge on any atom is -0.395 e. The Morgan fingerprint density at radius 2 is 2.05 bits per heavy atom. The molecule has 1 N–H and O–H groups in total. The average molecular weight is 280 g/mol. The molecule has 0 aliphatic carbocycles. The van der Waals surface area contributed by atoms with E-state index in [0.29, 0.717) is 12.1 Å². The van der Waals surface area contributed by atoms with Crippen molar-refractivity contribution < 1.29 is 13.5 Å². The second-order valence-corrected chi connectivity index (χ2v) is 6.66. The first-order valence-electron chi connectivity index (χ1n) is 6.13. The van der Waals surface area contributed by atoms with Gasteiger partial charge in [0, 0.05) is 6.54 Å². The summed E-state index contributed by atoms with van der Waals surface area (Å²) in [5.74, 6) is 0.151. The van der Waals surface area contributed by atoms with Crippen LogP contribution in [-0.4, -0.2) is 37.0 Å². The van der Waals surface area contributed by atoms with E-state index in [-0.39, 0.29) is 23.5 Å². The largest absolute Gasteiger partial charge is 0.395 e. The number of rotatable bonds is 3. The van der Waals surface area contributed by atoms with E-state index in [2.05, 4.69) is 0 Å². The minimum absolute atomic E-state index is 0.151. The normalized spacial score (nSPS) is 24.3. The number of nitrogens with zero attached hydrogens (tertiary/aromatic N) is 2. The summed E-state index contributed by atoms with van der Waals surface area (Å²) >= 11 is 0. The summed E-state index contributed by atoms with van der Waals surface area (Å²) in [6, 6.07) is 7.44. The quantitative estimate of drug-likeness (QED) is 0.893. The highest BCUT2D eigenvalue weighted by Crippen LogP contribution is 2.29. The van der Waals surface area contributed by atoms with Gasteiger partial charge in [-0.05, 0) is 36.6 Å². The van der Waals surface area contributed by atoms with Crippen molar-refractivity contribution in [3.63, 3.8) is 0 Å². The van der Waals surface area contributed by atoms with Crippen LogP contribution in [0.15, 0.2) is 29.2 Å². The first-order valence-corrected chi connectivity index (χ1v) is 7.57. The Balaban J connectivity index is 2.34. The number of nitriles is 1. The van der Waals surface area contributed by atoms with E-state index in [4.69, 9.17) is 5.26 Å². The second kappa shape index (κ2) is 5.29. The van der Waals surface area contributed by atoms with Gasteiger partial charge in [-0.3, -0.25) is 0 Å². The van der Waals surface area contributed by atoms with Crippen LogP contribution in [-0.2, 0) is 10.0 Å². The van der Waals surface area contributed by atoms with Crippen molar-refractivity contribution in [2.45, 2.75) is 24.3 Å². The molecule has 2 unspecified atom stereocenters. The molecule has 0 bridgehead atoms. The van der Waals surface area contributed by atoms with Crippen molar-refractivity contribution in [3.8, 4) is 6.07 Å². The van der Waals surface area contributed by atoms with Crippen molar-refractivity contribution >= 4 is 10.0 Å². The van der Waals surface area contributed by atoms with Gasteiger partial charge in [0.15, 0.2) is 0 Å². The maximum atomic E-state index is 12.5. The Morgan fingerprint density at radius 1 is 1.42 bits per heavy atom. The molecule has 1 saturated heterocycles. The highest BCUT2D eigenvalue weighted by molar-refractivity contribution is 7.89. The van der Waals surface area contributed by atoms with Gasteiger partial charge in [0.2, 0.25) is 10.0 Å². The smallest absolute Gasteiger partial charge is 0.243 e. The van der Waals surface area contributed by atoms with Crippen LogP contribution in [0, 0.1) is 17.2 Å². The molecule has 1 aromatic rings. The van der Waals surface area contributed by atoms with Gasteiger partial charge < -0.3 is 5.11 Å². The topological polar surface area (TPSA) is 81.4 Å². The molecule has 0 aromatic heterocycles. The molecule has 0 amide bonds. The van der Waals surface area contributed by atoms with Crippen LogP contribution in [0.2, 0.25) is 0 Å². The zero-order chi connectivity index (χ0) is 14.0. The fraction of sp³-hybridized carbons (Fsp3) is 0.462. The number of aliphatic hydroxyl groups excluding tert-OH is 1. The Kier molecular flexibility index (Phi) is 3.90. The summed E-state index contributed by atoms with van der Waals surface area (Å²) in [5, 5.41) is 18.1. The molecular formula is C13H16N2O3S. The van der Waals surface area contributed by atoms with Crippen LogP contribution in [0.3, 0.4) is 0 Å². The fourth-order valence-electron chi connectivity index (χ4n) is 2.38. The highest BCUT2D eigenvalue weighted by Gasteiger charge is 2.39. The number of hydrogen-bond acceptors (Lipinski definition) is 4. The second-order valence-electron chi connectivity index (χ2n) is 4.77.